The molecular formula is C7H14BrNO. The Bertz CT molecular complexity index is 87.7. The van der Waals surface area contributed by atoms with E-state index in [1.165, 1.54) is 23.2 Å². The number of unbranched alkanes of at least 4 members (excludes halogenated alkanes) is 3. The number of amides is 1. The van der Waals surface area contributed by atoms with Crippen LogP contribution in [0.5, 0.6) is 0 Å². The lowest BCUT2D eigenvalue weighted by molar-refractivity contribution is -0.113. The van der Waals surface area contributed by atoms with E-state index in [1.807, 2.05) is 0 Å². The Balaban J connectivity index is 2.95. The zero-order chi connectivity index (χ0) is 7.82. The third kappa shape index (κ3) is 6.08. The van der Waals surface area contributed by atoms with Gasteiger partial charge in [-0.15, -0.1) is 0 Å². The van der Waals surface area contributed by atoms with Gasteiger partial charge in [-0.05, 0) is 6.42 Å². The van der Waals surface area contributed by atoms with E-state index in [1.54, 1.807) is 0 Å². The van der Waals surface area contributed by atoms with Gasteiger partial charge in [0, 0.05) is 6.54 Å². The van der Waals surface area contributed by atoms with Crippen molar-refractivity contribution in [1.82, 2.24) is 3.93 Å². The van der Waals surface area contributed by atoms with Gasteiger partial charge in [-0.1, -0.05) is 26.2 Å². The number of rotatable bonds is 6. The molecule has 0 aromatic rings. The minimum absolute atomic E-state index is 0.798. The van der Waals surface area contributed by atoms with Gasteiger partial charge in [-0.2, -0.15) is 0 Å². The van der Waals surface area contributed by atoms with E-state index in [0.717, 1.165) is 19.4 Å². The van der Waals surface area contributed by atoms with E-state index >= 15 is 0 Å². The van der Waals surface area contributed by atoms with Crippen LogP contribution in [0.2, 0.25) is 0 Å². The zero-order valence-electron chi connectivity index (χ0n) is 6.35. The van der Waals surface area contributed by atoms with Crippen LogP contribution in [0.1, 0.15) is 32.6 Å². The third-order valence-electron chi connectivity index (χ3n) is 1.34. The fourth-order valence-corrected chi connectivity index (χ4v) is 0.993. The monoisotopic (exact) mass is 207 g/mol. The molecule has 1 amide bonds. The second kappa shape index (κ2) is 7.06. The molecule has 0 heterocycles. The summed E-state index contributed by atoms with van der Waals surface area (Å²) in [6.07, 6.45) is 5.61. The molecule has 60 valence electrons. The molecule has 0 spiro atoms. The average Bonchev–Trinajstić information content (AvgIpc) is 1.98. The fraction of sp³-hybridized carbons (Fsp3) is 0.857. The molecule has 2 nitrogen and oxygen atoms in total. The first-order valence-electron chi connectivity index (χ1n) is 3.69. The Morgan fingerprint density at radius 2 is 2.10 bits per heavy atom. The Morgan fingerprint density at radius 1 is 1.40 bits per heavy atom. The highest BCUT2D eigenvalue weighted by Crippen LogP contribution is 2.02. The van der Waals surface area contributed by atoms with Crippen LogP contribution in [0.3, 0.4) is 0 Å². The number of halogens is 1. The van der Waals surface area contributed by atoms with Crippen LogP contribution < -0.4 is 0 Å². The highest BCUT2D eigenvalue weighted by atomic mass is 79.9. The molecule has 0 atom stereocenters. The molecule has 0 N–H and O–H groups in total. The van der Waals surface area contributed by atoms with E-state index in [4.69, 9.17) is 0 Å². The third-order valence-corrected chi connectivity index (χ3v) is 1.86. The van der Waals surface area contributed by atoms with Gasteiger partial charge in [-0.3, -0.25) is 8.72 Å². The minimum atomic E-state index is 0.798. The maximum absolute atomic E-state index is 10.0. The van der Waals surface area contributed by atoms with Crippen molar-refractivity contribution in [2.45, 2.75) is 32.6 Å². The Morgan fingerprint density at radius 3 is 2.60 bits per heavy atom. The highest BCUT2D eigenvalue weighted by Gasteiger charge is 1.93. The number of nitrogens with zero attached hydrogens (tertiary/aromatic N) is 1. The van der Waals surface area contributed by atoms with Gasteiger partial charge in [0.25, 0.3) is 0 Å². The first-order chi connectivity index (χ1) is 4.81. The molecule has 0 aliphatic heterocycles. The summed E-state index contributed by atoms with van der Waals surface area (Å²) in [6, 6.07) is 0. The predicted molar refractivity (Wildman–Crippen MR) is 45.8 cm³/mol. The molecule has 0 aliphatic rings. The largest absolute Gasteiger partial charge is 0.282 e. The molecule has 10 heavy (non-hydrogen) atoms. The van der Waals surface area contributed by atoms with Crippen molar-refractivity contribution in [1.29, 1.82) is 0 Å². The first kappa shape index (κ1) is 9.95. The molecule has 0 rings (SSSR count). The van der Waals surface area contributed by atoms with Crippen LogP contribution in [0.25, 0.3) is 0 Å². The quantitative estimate of drug-likeness (QED) is 0.372. The summed E-state index contributed by atoms with van der Waals surface area (Å²) in [6.45, 7) is 3.00. The molecule has 0 saturated heterocycles. The minimum Gasteiger partial charge on any atom is -0.282 e. The normalized spacial score (nSPS) is 9.40. The van der Waals surface area contributed by atoms with Crippen molar-refractivity contribution >= 4 is 22.6 Å². The van der Waals surface area contributed by atoms with E-state index in [9.17, 15) is 4.79 Å². The number of hydrogen-bond donors (Lipinski definition) is 0. The van der Waals surface area contributed by atoms with Crippen LogP contribution in [-0.2, 0) is 4.79 Å². The molecule has 0 unspecified atom stereocenters. The van der Waals surface area contributed by atoms with Crippen molar-refractivity contribution in [3.8, 4) is 0 Å². The van der Waals surface area contributed by atoms with E-state index in [2.05, 4.69) is 23.1 Å². The lowest BCUT2D eigenvalue weighted by Crippen LogP contribution is -2.09. The molecule has 0 fully saturated rings. The van der Waals surface area contributed by atoms with Crippen LogP contribution in [0.4, 0.5) is 0 Å². The maximum Gasteiger partial charge on any atom is 0.219 e. The number of hydrogen-bond acceptors (Lipinski definition) is 1. The first-order valence-corrected chi connectivity index (χ1v) is 4.40. The predicted octanol–water partition coefficient (Wildman–Crippen LogP) is 2.33. The molecule has 0 saturated carbocycles. The van der Waals surface area contributed by atoms with Crippen molar-refractivity contribution in [3.63, 3.8) is 0 Å². The van der Waals surface area contributed by atoms with E-state index in [-0.39, 0.29) is 0 Å². The van der Waals surface area contributed by atoms with Crippen molar-refractivity contribution in [3.05, 3.63) is 0 Å². The Labute approximate surface area is 70.9 Å². The second-order valence-electron chi connectivity index (χ2n) is 2.29. The molecular weight excluding hydrogens is 194 g/mol. The van der Waals surface area contributed by atoms with Crippen LogP contribution >= 0.6 is 16.1 Å². The van der Waals surface area contributed by atoms with Crippen LogP contribution in [0.15, 0.2) is 0 Å². The van der Waals surface area contributed by atoms with Gasteiger partial charge in [0.1, 0.15) is 0 Å². The summed E-state index contributed by atoms with van der Waals surface area (Å²) < 4.78 is 1.50. The number of carbonyl (C=O) groups excluding carboxylic acids is 1. The lowest BCUT2D eigenvalue weighted by atomic mass is 10.2. The average molecular weight is 208 g/mol. The second-order valence-corrected chi connectivity index (χ2v) is 3.20. The highest BCUT2D eigenvalue weighted by molar-refractivity contribution is 9.07. The van der Waals surface area contributed by atoms with Crippen molar-refractivity contribution in [2.24, 2.45) is 0 Å². The van der Waals surface area contributed by atoms with Gasteiger partial charge >= 0.3 is 0 Å². The van der Waals surface area contributed by atoms with Gasteiger partial charge in [0.05, 0.1) is 16.1 Å². The Hall–Kier alpha value is -0.0500. The van der Waals surface area contributed by atoms with E-state index in [0.29, 0.717) is 0 Å². The molecule has 0 aromatic carbocycles. The van der Waals surface area contributed by atoms with Crippen LogP contribution in [-0.4, -0.2) is 16.9 Å². The molecule has 0 aliphatic carbocycles. The summed E-state index contributed by atoms with van der Waals surface area (Å²) in [5.41, 5.74) is 0. The summed E-state index contributed by atoms with van der Waals surface area (Å²) in [4.78, 5) is 10.0. The van der Waals surface area contributed by atoms with Gasteiger partial charge in [0.2, 0.25) is 6.41 Å². The van der Waals surface area contributed by atoms with Crippen molar-refractivity contribution in [2.75, 3.05) is 6.54 Å². The van der Waals surface area contributed by atoms with Gasteiger partial charge in [-0.25, -0.2) is 0 Å². The standard InChI is InChI=1S/C7H14BrNO/c1-2-3-4-5-6-9(8)7-10/h7H,2-6H2,1H3. The van der Waals surface area contributed by atoms with E-state index < -0.39 is 0 Å². The van der Waals surface area contributed by atoms with Crippen LogP contribution in [0, 0.1) is 0 Å². The number of carbonyl (C=O) groups is 1. The topological polar surface area (TPSA) is 20.3 Å². The summed E-state index contributed by atoms with van der Waals surface area (Å²) >= 11 is 3.09. The fourth-order valence-electron chi connectivity index (χ4n) is 0.742. The van der Waals surface area contributed by atoms with Gasteiger partial charge < -0.3 is 0 Å². The molecule has 3 heteroatoms. The van der Waals surface area contributed by atoms with Crippen molar-refractivity contribution < 1.29 is 4.79 Å². The van der Waals surface area contributed by atoms with Gasteiger partial charge in [0.15, 0.2) is 0 Å². The summed E-state index contributed by atoms with van der Waals surface area (Å²) in [5, 5.41) is 0. The SMILES string of the molecule is CCCCCCN(Br)C=O. The molecule has 0 aromatic heterocycles. The Kier molecular flexibility index (Phi) is 7.03. The maximum atomic E-state index is 10.0. The molecule has 0 radical (unpaired) electrons. The lowest BCUT2D eigenvalue weighted by Gasteiger charge is -2.05. The zero-order valence-corrected chi connectivity index (χ0v) is 7.93. The summed E-state index contributed by atoms with van der Waals surface area (Å²) in [7, 11) is 0. The smallest absolute Gasteiger partial charge is 0.219 e. The molecule has 0 bridgehead atoms. The summed E-state index contributed by atoms with van der Waals surface area (Å²) in [5.74, 6) is 0.